The molecule has 1 aromatic rings. The molecule has 0 aliphatic carbocycles. The highest BCUT2D eigenvalue weighted by Crippen LogP contribution is 2.26. The highest BCUT2D eigenvalue weighted by Gasteiger charge is 2.30. The molecular weight excluding hydrogens is 240 g/mol. The average molecular weight is 260 g/mol. The number of benzene rings is 1. The van der Waals surface area contributed by atoms with Gasteiger partial charge < -0.3 is 15.0 Å². The third-order valence-electron chi connectivity index (χ3n) is 3.95. The number of hydrogen-bond donors (Lipinski definition) is 1. The molecular formula is C15H20N2O2. The Morgan fingerprint density at radius 1 is 1.47 bits per heavy atom. The summed E-state index contributed by atoms with van der Waals surface area (Å²) in [5.74, 6) is 0.159. The predicted octanol–water partition coefficient (Wildman–Crippen LogP) is 1.66. The summed E-state index contributed by atoms with van der Waals surface area (Å²) in [6, 6.07) is 8.00. The number of hydrogen-bond acceptors (Lipinski definition) is 3. The fourth-order valence-corrected chi connectivity index (χ4v) is 2.90. The van der Waals surface area contributed by atoms with Crippen molar-refractivity contribution in [3.05, 3.63) is 29.8 Å². The zero-order valence-electron chi connectivity index (χ0n) is 11.3. The SMILES string of the molecule is CN(CC1CCCO1)C(=O)C1Cc2ccccc2N1. The second kappa shape index (κ2) is 5.21. The summed E-state index contributed by atoms with van der Waals surface area (Å²) in [7, 11) is 1.87. The van der Waals surface area contributed by atoms with Crippen LogP contribution in [0.25, 0.3) is 0 Å². The first-order chi connectivity index (χ1) is 9.24. The van der Waals surface area contributed by atoms with Crippen molar-refractivity contribution in [2.75, 3.05) is 25.5 Å². The van der Waals surface area contributed by atoms with Crippen molar-refractivity contribution in [1.29, 1.82) is 0 Å². The Hall–Kier alpha value is -1.55. The summed E-state index contributed by atoms with van der Waals surface area (Å²) in [5, 5.41) is 3.31. The normalized spacial score (nSPS) is 24.9. The third-order valence-corrected chi connectivity index (χ3v) is 3.95. The van der Waals surface area contributed by atoms with E-state index in [1.165, 1.54) is 5.56 Å². The first kappa shape index (κ1) is 12.5. The molecule has 0 saturated carbocycles. The minimum absolute atomic E-state index is 0.121. The predicted molar refractivity (Wildman–Crippen MR) is 74.2 cm³/mol. The topological polar surface area (TPSA) is 41.6 Å². The van der Waals surface area contributed by atoms with Crippen molar-refractivity contribution in [1.82, 2.24) is 4.90 Å². The number of nitrogens with one attached hydrogen (secondary N) is 1. The van der Waals surface area contributed by atoms with Gasteiger partial charge in [0.2, 0.25) is 5.91 Å². The molecule has 0 spiro atoms. The van der Waals surface area contributed by atoms with E-state index in [0.717, 1.165) is 31.6 Å². The van der Waals surface area contributed by atoms with E-state index in [0.29, 0.717) is 6.54 Å². The van der Waals surface area contributed by atoms with Crippen LogP contribution in [0, 0.1) is 0 Å². The van der Waals surface area contributed by atoms with E-state index >= 15 is 0 Å². The Morgan fingerprint density at radius 2 is 2.32 bits per heavy atom. The monoisotopic (exact) mass is 260 g/mol. The molecule has 4 heteroatoms. The lowest BCUT2D eigenvalue weighted by molar-refractivity contribution is -0.131. The van der Waals surface area contributed by atoms with E-state index < -0.39 is 0 Å². The van der Waals surface area contributed by atoms with Crippen molar-refractivity contribution in [3.8, 4) is 0 Å². The Morgan fingerprint density at radius 3 is 3.05 bits per heavy atom. The van der Waals surface area contributed by atoms with Gasteiger partial charge in [-0.3, -0.25) is 4.79 Å². The number of anilines is 1. The van der Waals surface area contributed by atoms with E-state index in [1.807, 2.05) is 25.2 Å². The van der Waals surface area contributed by atoms with Crippen LogP contribution in [-0.4, -0.2) is 43.2 Å². The number of carbonyl (C=O) groups excluding carboxylic acids is 1. The maximum atomic E-state index is 12.4. The minimum Gasteiger partial charge on any atom is -0.376 e. The Labute approximate surface area is 113 Å². The van der Waals surface area contributed by atoms with E-state index in [-0.39, 0.29) is 18.1 Å². The van der Waals surface area contributed by atoms with E-state index in [9.17, 15) is 4.79 Å². The molecule has 2 heterocycles. The summed E-state index contributed by atoms with van der Waals surface area (Å²) in [4.78, 5) is 14.2. The number of carbonyl (C=O) groups is 1. The van der Waals surface area contributed by atoms with Gasteiger partial charge in [0.05, 0.1) is 6.10 Å². The van der Waals surface area contributed by atoms with Gasteiger partial charge in [-0.05, 0) is 24.5 Å². The second-order valence-corrected chi connectivity index (χ2v) is 5.41. The largest absolute Gasteiger partial charge is 0.376 e. The van der Waals surface area contributed by atoms with Gasteiger partial charge in [0.1, 0.15) is 6.04 Å². The molecule has 0 radical (unpaired) electrons. The van der Waals surface area contributed by atoms with Crippen molar-refractivity contribution < 1.29 is 9.53 Å². The van der Waals surface area contributed by atoms with Crippen molar-refractivity contribution in [2.24, 2.45) is 0 Å². The van der Waals surface area contributed by atoms with E-state index in [1.54, 1.807) is 4.90 Å². The summed E-state index contributed by atoms with van der Waals surface area (Å²) < 4.78 is 5.58. The molecule has 0 aromatic heterocycles. The lowest BCUT2D eigenvalue weighted by Crippen LogP contribution is -2.43. The van der Waals surface area contributed by atoms with Crippen molar-refractivity contribution in [3.63, 3.8) is 0 Å². The molecule has 4 nitrogen and oxygen atoms in total. The highest BCUT2D eigenvalue weighted by atomic mass is 16.5. The highest BCUT2D eigenvalue weighted by molar-refractivity contribution is 5.87. The molecule has 1 saturated heterocycles. The quantitative estimate of drug-likeness (QED) is 0.898. The Balaban J connectivity index is 1.59. The molecule has 19 heavy (non-hydrogen) atoms. The van der Waals surface area contributed by atoms with Gasteiger partial charge >= 0.3 is 0 Å². The van der Waals surface area contributed by atoms with Gasteiger partial charge in [-0.25, -0.2) is 0 Å². The smallest absolute Gasteiger partial charge is 0.245 e. The van der Waals surface area contributed by atoms with Crippen LogP contribution in [0.4, 0.5) is 5.69 Å². The first-order valence-electron chi connectivity index (χ1n) is 6.95. The molecule has 3 rings (SSSR count). The zero-order chi connectivity index (χ0) is 13.2. The van der Waals surface area contributed by atoms with E-state index in [4.69, 9.17) is 4.74 Å². The standard InChI is InChI=1S/C15H20N2O2/c1-17(10-12-6-4-8-19-12)15(18)14-9-11-5-2-3-7-13(11)16-14/h2-3,5,7,12,14,16H,4,6,8-10H2,1H3. The number of rotatable bonds is 3. The molecule has 2 aliphatic rings. The summed E-state index contributed by atoms with van der Waals surface area (Å²) in [6.45, 7) is 1.53. The fourth-order valence-electron chi connectivity index (χ4n) is 2.90. The molecule has 1 fully saturated rings. The van der Waals surface area contributed by atoms with Crippen LogP contribution in [0.1, 0.15) is 18.4 Å². The second-order valence-electron chi connectivity index (χ2n) is 5.41. The molecule has 102 valence electrons. The fraction of sp³-hybridized carbons (Fsp3) is 0.533. The van der Waals surface area contributed by atoms with E-state index in [2.05, 4.69) is 11.4 Å². The molecule has 2 unspecified atom stereocenters. The van der Waals surface area contributed by atoms with Crippen LogP contribution >= 0.6 is 0 Å². The number of fused-ring (bicyclic) bond motifs is 1. The summed E-state index contributed by atoms with van der Waals surface area (Å²) in [5.41, 5.74) is 2.32. The Bertz CT molecular complexity index is 444. The number of amides is 1. The minimum atomic E-state index is -0.121. The molecule has 0 bridgehead atoms. The number of ether oxygens (including phenoxy) is 1. The average Bonchev–Trinajstić information content (AvgIpc) is 3.05. The van der Waals surface area contributed by atoms with Gasteiger partial charge in [0, 0.05) is 32.3 Å². The molecule has 2 atom stereocenters. The number of likely N-dealkylation sites (N-methyl/N-ethyl adjacent to an activating group) is 1. The number of nitrogens with zero attached hydrogens (tertiary/aromatic N) is 1. The molecule has 2 aliphatic heterocycles. The van der Waals surface area contributed by atoms with Gasteiger partial charge in [0.15, 0.2) is 0 Å². The lowest BCUT2D eigenvalue weighted by Gasteiger charge is -2.24. The van der Waals surface area contributed by atoms with Gasteiger partial charge in [-0.15, -0.1) is 0 Å². The van der Waals surface area contributed by atoms with Crippen LogP contribution in [0.15, 0.2) is 24.3 Å². The van der Waals surface area contributed by atoms with Gasteiger partial charge in [-0.2, -0.15) is 0 Å². The maximum Gasteiger partial charge on any atom is 0.245 e. The van der Waals surface area contributed by atoms with Crippen LogP contribution in [-0.2, 0) is 16.0 Å². The summed E-state index contributed by atoms with van der Waals surface area (Å²) >= 11 is 0. The molecule has 1 amide bonds. The van der Waals surface area contributed by atoms with Gasteiger partial charge in [0.25, 0.3) is 0 Å². The van der Waals surface area contributed by atoms with Crippen LogP contribution < -0.4 is 5.32 Å². The van der Waals surface area contributed by atoms with Gasteiger partial charge in [-0.1, -0.05) is 18.2 Å². The van der Waals surface area contributed by atoms with Crippen LogP contribution in [0.5, 0.6) is 0 Å². The van der Waals surface area contributed by atoms with Crippen molar-refractivity contribution >= 4 is 11.6 Å². The molecule has 1 N–H and O–H groups in total. The Kier molecular flexibility index (Phi) is 3.42. The summed E-state index contributed by atoms with van der Waals surface area (Å²) in [6.07, 6.45) is 3.18. The van der Waals surface area contributed by atoms with Crippen molar-refractivity contribution in [2.45, 2.75) is 31.4 Å². The first-order valence-corrected chi connectivity index (χ1v) is 6.95. The zero-order valence-corrected chi connectivity index (χ0v) is 11.3. The molecule has 1 aromatic carbocycles. The van der Waals surface area contributed by atoms with Crippen LogP contribution in [0.3, 0.4) is 0 Å². The number of para-hydroxylation sites is 1. The van der Waals surface area contributed by atoms with Crippen LogP contribution in [0.2, 0.25) is 0 Å². The third kappa shape index (κ3) is 2.59. The maximum absolute atomic E-state index is 12.4. The lowest BCUT2D eigenvalue weighted by atomic mass is 10.1.